The Hall–Kier alpha value is -3.67. The summed E-state index contributed by atoms with van der Waals surface area (Å²) < 4.78 is 50.7. The Morgan fingerprint density at radius 2 is 1.95 bits per heavy atom. The normalized spacial score (nSPS) is 16.0. The third kappa shape index (κ3) is 7.99. The van der Waals surface area contributed by atoms with E-state index in [1.54, 1.807) is 4.90 Å². The van der Waals surface area contributed by atoms with Crippen LogP contribution in [0.5, 0.6) is 11.6 Å². The molecule has 1 aliphatic heterocycles. The molecule has 2 aromatic carbocycles. The molecular formula is C30H32ClF3N4O4. The van der Waals surface area contributed by atoms with Crippen LogP contribution < -0.4 is 10.1 Å². The van der Waals surface area contributed by atoms with Gasteiger partial charge in [-0.05, 0) is 63.3 Å². The van der Waals surface area contributed by atoms with Crippen molar-refractivity contribution < 1.29 is 32.2 Å². The van der Waals surface area contributed by atoms with Crippen molar-refractivity contribution in [3.63, 3.8) is 0 Å². The second kappa shape index (κ2) is 13.5. The molecule has 0 saturated carbocycles. The zero-order valence-electron chi connectivity index (χ0n) is 23.5. The molecular weight excluding hydrogens is 573 g/mol. The number of likely N-dealkylation sites (tertiary alicyclic amines) is 1. The standard InChI is InChI=1S/C30H32ClF3N4O4/c1-19-6-4-7-20(14-19)17-41-18-25(29(40)38-13-11-22(16-38)37(2)3)36-27(39)23-8-5-12-35-28(23)42-26-10-9-21(15-24(26)31)30(32,33)34/h4-10,12,14-15,22,25H,11,13,16-18H2,1-3H3,(H,36,39). The van der Waals surface area contributed by atoms with Crippen LogP contribution in [0, 0.1) is 6.92 Å². The summed E-state index contributed by atoms with van der Waals surface area (Å²) in [6, 6.07) is 12.5. The van der Waals surface area contributed by atoms with Crippen LogP contribution in [-0.2, 0) is 22.3 Å². The topological polar surface area (TPSA) is 84.0 Å². The lowest BCUT2D eigenvalue weighted by atomic mass is 10.1. The van der Waals surface area contributed by atoms with E-state index in [4.69, 9.17) is 21.1 Å². The first-order valence-corrected chi connectivity index (χ1v) is 13.7. The maximum absolute atomic E-state index is 13.6. The number of halogens is 4. The Kier molecular flexibility index (Phi) is 10.1. The van der Waals surface area contributed by atoms with Crippen molar-refractivity contribution in [2.24, 2.45) is 0 Å². The van der Waals surface area contributed by atoms with Gasteiger partial charge in [0.25, 0.3) is 5.91 Å². The van der Waals surface area contributed by atoms with Crippen LogP contribution in [0.1, 0.15) is 33.5 Å². The van der Waals surface area contributed by atoms with Gasteiger partial charge in [0, 0.05) is 25.3 Å². The van der Waals surface area contributed by atoms with Crippen LogP contribution >= 0.6 is 11.6 Å². The van der Waals surface area contributed by atoms with Gasteiger partial charge >= 0.3 is 6.18 Å². The Labute approximate surface area is 247 Å². The fourth-order valence-corrected chi connectivity index (χ4v) is 4.82. The van der Waals surface area contributed by atoms with Crippen molar-refractivity contribution in [1.29, 1.82) is 0 Å². The van der Waals surface area contributed by atoms with Crippen molar-refractivity contribution in [2.45, 2.75) is 38.2 Å². The number of alkyl halides is 3. The van der Waals surface area contributed by atoms with Gasteiger partial charge in [-0.25, -0.2) is 4.98 Å². The predicted octanol–water partition coefficient (Wildman–Crippen LogP) is 5.33. The number of amides is 2. The minimum absolute atomic E-state index is 0.0301. The molecule has 0 radical (unpaired) electrons. The second-order valence-electron chi connectivity index (χ2n) is 10.3. The molecule has 1 fully saturated rings. The number of pyridine rings is 1. The number of carbonyl (C=O) groups excluding carboxylic acids is 2. The first-order chi connectivity index (χ1) is 19.9. The molecule has 4 rings (SSSR count). The monoisotopic (exact) mass is 604 g/mol. The molecule has 0 bridgehead atoms. The fraction of sp³-hybridized carbons (Fsp3) is 0.367. The van der Waals surface area contributed by atoms with Gasteiger partial charge in [0.15, 0.2) is 0 Å². The molecule has 0 spiro atoms. The van der Waals surface area contributed by atoms with Crippen molar-refractivity contribution in [2.75, 3.05) is 33.8 Å². The Bertz CT molecular complexity index is 1420. The molecule has 2 unspecified atom stereocenters. The van der Waals surface area contributed by atoms with E-state index in [9.17, 15) is 22.8 Å². The van der Waals surface area contributed by atoms with Crippen LogP contribution in [0.2, 0.25) is 5.02 Å². The predicted molar refractivity (Wildman–Crippen MR) is 152 cm³/mol. The number of nitrogens with one attached hydrogen (secondary N) is 1. The molecule has 2 heterocycles. The lowest BCUT2D eigenvalue weighted by Gasteiger charge is -2.25. The third-order valence-electron chi connectivity index (χ3n) is 6.93. The minimum atomic E-state index is -4.58. The molecule has 1 saturated heterocycles. The Balaban J connectivity index is 1.52. The van der Waals surface area contributed by atoms with Crippen molar-refractivity contribution in [1.82, 2.24) is 20.1 Å². The number of aryl methyl sites for hydroxylation is 1. The molecule has 42 heavy (non-hydrogen) atoms. The van der Waals surface area contributed by atoms with Crippen LogP contribution in [0.15, 0.2) is 60.8 Å². The van der Waals surface area contributed by atoms with Gasteiger partial charge in [0.2, 0.25) is 11.8 Å². The summed E-state index contributed by atoms with van der Waals surface area (Å²) in [5, 5.41) is 2.45. The lowest BCUT2D eigenvalue weighted by molar-refractivity contribution is -0.137. The number of nitrogens with zero attached hydrogens (tertiary/aromatic N) is 3. The molecule has 0 aliphatic carbocycles. The summed E-state index contributed by atoms with van der Waals surface area (Å²) >= 11 is 6.04. The first kappa shape index (κ1) is 31.3. The van der Waals surface area contributed by atoms with E-state index in [-0.39, 0.29) is 47.4 Å². The highest BCUT2D eigenvalue weighted by molar-refractivity contribution is 6.32. The molecule has 1 aliphatic rings. The van der Waals surface area contributed by atoms with Crippen molar-refractivity contribution >= 4 is 23.4 Å². The molecule has 1 N–H and O–H groups in total. The summed E-state index contributed by atoms with van der Waals surface area (Å²) in [7, 11) is 3.91. The summed E-state index contributed by atoms with van der Waals surface area (Å²) in [6.45, 7) is 3.19. The number of carbonyl (C=O) groups is 2. The van der Waals surface area contributed by atoms with Gasteiger partial charge in [0.05, 0.1) is 23.8 Å². The van der Waals surface area contributed by atoms with Gasteiger partial charge in [-0.1, -0.05) is 41.4 Å². The number of rotatable bonds is 10. The van der Waals surface area contributed by atoms with E-state index < -0.39 is 23.7 Å². The van der Waals surface area contributed by atoms with Gasteiger partial charge < -0.3 is 24.6 Å². The summed E-state index contributed by atoms with van der Waals surface area (Å²) in [6.07, 6.45) is -2.41. The maximum Gasteiger partial charge on any atom is 0.416 e. The Morgan fingerprint density at radius 1 is 1.17 bits per heavy atom. The maximum atomic E-state index is 13.6. The molecule has 224 valence electrons. The van der Waals surface area contributed by atoms with Crippen LogP contribution in [0.4, 0.5) is 13.2 Å². The SMILES string of the molecule is Cc1cccc(COCC(NC(=O)c2cccnc2Oc2ccc(C(F)(F)F)cc2Cl)C(=O)N2CCC(N(C)C)C2)c1. The highest BCUT2D eigenvalue weighted by atomic mass is 35.5. The largest absolute Gasteiger partial charge is 0.437 e. The number of benzene rings is 2. The fourth-order valence-electron chi connectivity index (χ4n) is 4.60. The molecule has 12 heteroatoms. The summed E-state index contributed by atoms with van der Waals surface area (Å²) in [4.78, 5) is 34.9. The molecule has 1 aromatic heterocycles. The van der Waals surface area contributed by atoms with E-state index in [0.717, 1.165) is 35.7 Å². The van der Waals surface area contributed by atoms with Crippen LogP contribution in [-0.4, -0.2) is 72.5 Å². The third-order valence-corrected chi connectivity index (χ3v) is 7.22. The zero-order valence-corrected chi connectivity index (χ0v) is 24.2. The molecule has 3 aromatic rings. The second-order valence-corrected chi connectivity index (χ2v) is 10.7. The minimum Gasteiger partial charge on any atom is -0.437 e. The average molecular weight is 605 g/mol. The van der Waals surface area contributed by atoms with Gasteiger partial charge in [0.1, 0.15) is 17.4 Å². The number of hydrogen-bond acceptors (Lipinski definition) is 6. The quantitative estimate of drug-likeness (QED) is 0.337. The van der Waals surface area contributed by atoms with Gasteiger partial charge in [-0.2, -0.15) is 13.2 Å². The van der Waals surface area contributed by atoms with E-state index >= 15 is 0 Å². The average Bonchev–Trinajstić information content (AvgIpc) is 3.44. The summed E-state index contributed by atoms with van der Waals surface area (Å²) in [5.74, 6) is -1.24. The molecule has 2 atom stereocenters. The summed E-state index contributed by atoms with van der Waals surface area (Å²) in [5.41, 5.74) is 1.03. The van der Waals surface area contributed by atoms with Crippen molar-refractivity contribution in [3.8, 4) is 11.6 Å². The number of aromatic nitrogens is 1. The van der Waals surface area contributed by atoms with E-state index in [0.29, 0.717) is 13.1 Å². The zero-order chi connectivity index (χ0) is 30.4. The van der Waals surface area contributed by atoms with Crippen LogP contribution in [0.25, 0.3) is 0 Å². The van der Waals surface area contributed by atoms with E-state index in [1.807, 2.05) is 45.3 Å². The van der Waals surface area contributed by atoms with E-state index in [1.165, 1.54) is 18.3 Å². The number of likely N-dealkylation sites (N-methyl/N-ethyl adjacent to an activating group) is 1. The number of ether oxygens (including phenoxy) is 2. The lowest BCUT2D eigenvalue weighted by Crippen LogP contribution is -2.51. The smallest absolute Gasteiger partial charge is 0.416 e. The molecule has 8 nitrogen and oxygen atoms in total. The highest BCUT2D eigenvalue weighted by Gasteiger charge is 2.34. The Morgan fingerprint density at radius 3 is 2.62 bits per heavy atom. The first-order valence-electron chi connectivity index (χ1n) is 13.3. The molecule has 2 amide bonds. The van der Waals surface area contributed by atoms with Crippen molar-refractivity contribution in [3.05, 3.63) is 88.1 Å². The van der Waals surface area contributed by atoms with Crippen LogP contribution in [0.3, 0.4) is 0 Å². The highest BCUT2D eigenvalue weighted by Crippen LogP contribution is 2.36. The van der Waals surface area contributed by atoms with Gasteiger partial charge in [-0.15, -0.1) is 0 Å². The van der Waals surface area contributed by atoms with Gasteiger partial charge in [-0.3, -0.25) is 9.59 Å². The van der Waals surface area contributed by atoms with E-state index in [2.05, 4.69) is 15.2 Å². The number of hydrogen-bond donors (Lipinski definition) is 1.